The zero-order valence-corrected chi connectivity index (χ0v) is 11.7. The number of nitrogens with zero attached hydrogens (tertiary/aromatic N) is 4. The molecular formula is C12H8N6O3S. The van der Waals surface area contributed by atoms with Crippen LogP contribution in [0.25, 0.3) is 0 Å². The van der Waals surface area contributed by atoms with Gasteiger partial charge in [-0.15, -0.1) is 11.3 Å². The summed E-state index contributed by atoms with van der Waals surface area (Å²) in [5.74, 6) is -1.03. The first kappa shape index (κ1) is 13.8. The van der Waals surface area contributed by atoms with Gasteiger partial charge in [-0.1, -0.05) is 0 Å². The molecule has 0 atom stereocenters. The van der Waals surface area contributed by atoms with Crippen LogP contribution < -0.4 is 10.6 Å². The second kappa shape index (κ2) is 6.10. The van der Waals surface area contributed by atoms with E-state index in [-0.39, 0.29) is 17.4 Å². The Morgan fingerprint density at radius 2 is 1.91 bits per heavy atom. The van der Waals surface area contributed by atoms with Crippen LogP contribution >= 0.6 is 11.3 Å². The smallest absolute Gasteiger partial charge is 0.302 e. The standard InChI is InChI=1S/C12H8N6O3S/c19-9(7-5-13-1-2-14-7)17-11-16-8(6-21-11)10(20)18-12-15-3-4-22-12/h1-6H,(H,15,18,20)(H,16,17,19). The Bertz CT molecular complexity index is 786. The van der Waals surface area contributed by atoms with Crippen molar-refractivity contribution in [2.45, 2.75) is 0 Å². The number of carbonyl (C=O) groups is 2. The zero-order valence-electron chi connectivity index (χ0n) is 10.9. The maximum atomic E-state index is 11.9. The van der Waals surface area contributed by atoms with E-state index >= 15 is 0 Å². The predicted molar refractivity (Wildman–Crippen MR) is 76.6 cm³/mol. The van der Waals surface area contributed by atoms with Gasteiger partial charge in [0, 0.05) is 24.0 Å². The Morgan fingerprint density at radius 3 is 2.64 bits per heavy atom. The van der Waals surface area contributed by atoms with Crippen molar-refractivity contribution in [3.8, 4) is 0 Å². The van der Waals surface area contributed by atoms with Crippen LogP contribution in [-0.2, 0) is 0 Å². The molecule has 3 rings (SSSR count). The van der Waals surface area contributed by atoms with Crippen LogP contribution in [0, 0.1) is 0 Å². The molecule has 10 heteroatoms. The van der Waals surface area contributed by atoms with Crippen LogP contribution in [0.4, 0.5) is 11.1 Å². The average Bonchev–Trinajstić information content (AvgIpc) is 3.20. The van der Waals surface area contributed by atoms with Gasteiger partial charge in [0.1, 0.15) is 12.0 Å². The molecule has 0 aliphatic carbocycles. The SMILES string of the molecule is O=C(Nc1nc(C(=O)Nc2nccs2)co1)c1cnccn1. The van der Waals surface area contributed by atoms with Crippen LogP contribution in [0.3, 0.4) is 0 Å². The molecule has 22 heavy (non-hydrogen) atoms. The van der Waals surface area contributed by atoms with Crippen LogP contribution in [-0.4, -0.2) is 31.8 Å². The van der Waals surface area contributed by atoms with E-state index in [4.69, 9.17) is 4.42 Å². The highest BCUT2D eigenvalue weighted by Gasteiger charge is 2.16. The van der Waals surface area contributed by atoms with Gasteiger partial charge < -0.3 is 4.42 Å². The lowest BCUT2D eigenvalue weighted by atomic mass is 10.4. The van der Waals surface area contributed by atoms with Crippen molar-refractivity contribution in [1.82, 2.24) is 19.9 Å². The number of oxazole rings is 1. The summed E-state index contributed by atoms with van der Waals surface area (Å²) >= 11 is 1.27. The third-order valence-electron chi connectivity index (χ3n) is 2.41. The fourth-order valence-electron chi connectivity index (χ4n) is 1.46. The molecule has 3 aromatic heterocycles. The number of nitrogens with one attached hydrogen (secondary N) is 2. The number of aromatic nitrogens is 4. The lowest BCUT2D eigenvalue weighted by Gasteiger charge is -1.98. The number of hydrogen-bond acceptors (Lipinski definition) is 8. The van der Waals surface area contributed by atoms with Gasteiger partial charge in [0.05, 0.1) is 6.20 Å². The molecule has 0 spiro atoms. The highest BCUT2D eigenvalue weighted by Crippen LogP contribution is 2.14. The van der Waals surface area contributed by atoms with E-state index in [0.717, 1.165) is 6.26 Å². The van der Waals surface area contributed by atoms with E-state index < -0.39 is 11.8 Å². The first-order chi connectivity index (χ1) is 10.7. The molecule has 3 heterocycles. The van der Waals surface area contributed by atoms with Crippen LogP contribution in [0.2, 0.25) is 0 Å². The number of amides is 2. The first-order valence-corrected chi connectivity index (χ1v) is 6.84. The molecule has 9 nitrogen and oxygen atoms in total. The van der Waals surface area contributed by atoms with Crippen molar-refractivity contribution in [1.29, 1.82) is 0 Å². The fourth-order valence-corrected chi connectivity index (χ4v) is 1.98. The van der Waals surface area contributed by atoms with Gasteiger partial charge >= 0.3 is 6.01 Å². The quantitative estimate of drug-likeness (QED) is 0.746. The van der Waals surface area contributed by atoms with Gasteiger partial charge in [0.15, 0.2) is 10.8 Å². The minimum absolute atomic E-state index is 0.0182. The van der Waals surface area contributed by atoms with Crippen molar-refractivity contribution >= 4 is 34.3 Å². The third-order valence-corrected chi connectivity index (χ3v) is 3.09. The Hall–Kier alpha value is -3.14. The minimum atomic E-state index is -0.540. The second-order valence-corrected chi connectivity index (χ2v) is 4.77. The van der Waals surface area contributed by atoms with E-state index in [0.29, 0.717) is 5.13 Å². The molecule has 2 N–H and O–H groups in total. The molecule has 0 unspecified atom stereocenters. The Labute approximate surface area is 127 Å². The molecule has 3 aromatic rings. The maximum Gasteiger partial charge on any atom is 0.302 e. The average molecular weight is 316 g/mol. The Morgan fingerprint density at radius 1 is 1.05 bits per heavy atom. The molecule has 0 aliphatic rings. The number of anilines is 2. The topological polar surface area (TPSA) is 123 Å². The summed E-state index contributed by atoms with van der Waals surface area (Å²) in [4.78, 5) is 39.1. The van der Waals surface area contributed by atoms with Crippen molar-refractivity contribution < 1.29 is 14.0 Å². The van der Waals surface area contributed by atoms with Gasteiger partial charge in [-0.05, 0) is 0 Å². The molecule has 110 valence electrons. The summed E-state index contributed by atoms with van der Waals surface area (Å²) < 4.78 is 5.03. The summed E-state index contributed by atoms with van der Waals surface area (Å²) in [5, 5.41) is 7.10. The fraction of sp³-hybridized carbons (Fsp3) is 0. The largest absolute Gasteiger partial charge is 0.431 e. The van der Waals surface area contributed by atoms with E-state index in [2.05, 4.69) is 30.6 Å². The Balaban J connectivity index is 1.66. The van der Waals surface area contributed by atoms with Crippen molar-refractivity contribution in [3.63, 3.8) is 0 Å². The van der Waals surface area contributed by atoms with Gasteiger partial charge in [-0.2, -0.15) is 4.98 Å². The Kier molecular flexibility index (Phi) is 3.83. The number of rotatable bonds is 4. The van der Waals surface area contributed by atoms with Gasteiger partial charge in [0.25, 0.3) is 11.8 Å². The number of carbonyl (C=O) groups excluding carboxylic acids is 2. The number of hydrogen-bond donors (Lipinski definition) is 2. The van der Waals surface area contributed by atoms with Crippen molar-refractivity contribution in [2.75, 3.05) is 10.6 Å². The molecule has 0 radical (unpaired) electrons. The summed E-state index contributed by atoms with van der Waals surface area (Å²) in [7, 11) is 0. The lowest BCUT2D eigenvalue weighted by Crippen LogP contribution is -2.15. The molecular weight excluding hydrogens is 308 g/mol. The first-order valence-electron chi connectivity index (χ1n) is 5.96. The molecule has 0 bridgehead atoms. The maximum absolute atomic E-state index is 11.9. The molecule has 0 saturated carbocycles. The molecule has 0 aliphatic heterocycles. The third kappa shape index (κ3) is 3.12. The zero-order chi connectivity index (χ0) is 15.4. The minimum Gasteiger partial charge on any atom is -0.431 e. The van der Waals surface area contributed by atoms with E-state index in [1.165, 1.54) is 29.9 Å². The van der Waals surface area contributed by atoms with Gasteiger partial charge in [-0.25, -0.2) is 9.97 Å². The molecule has 0 saturated heterocycles. The summed E-state index contributed by atoms with van der Waals surface area (Å²) in [5.41, 5.74) is 0.124. The van der Waals surface area contributed by atoms with Gasteiger partial charge in [-0.3, -0.25) is 25.2 Å². The highest BCUT2D eigenvalue weighted by atomic mass is 32.1. The molecule has 0 fully saturated rings. The van der Waals surface area contributed by atoms with E-state index in [9.17, 15) is 9.59 Å². The summed E-state index contributed by atoms with van der Waals surface area (Å²) in [6, 6.07) is -0.111. The van der Waals surface area contributed by atoms with Crippen LogP contribution in [0.15, 0.2) is 40.8 Å². The predicted octanol–water partition coefficient (Wildman–Crippen LogP) is 1.43. The van der Waals surface area contributed by atoms with Crippen LogP contribution in [0.1, 0.15) is 21.0 Å². The normalized spacial score (nSPS) is 10.2. The van der Waals surface area contributed by atoms with Crippen molar-refractivity contribution in [3.05, 3.63) is 47.8 Å². The molecule has 0 aromatic carbocycles. The highest BCUT2D eigenvalue weighted by molar-refractivity contribution is 7.13. The summed E-state index contributed by atoms with van der Waals surface area (Å²) in [6.45, 7) is 0. The van der Waals surface area contributed by atoms with Crippen LogP contribution in [0.5, 0.6) is 0 Å². The summed E-state index contributed by atoms with van der Waals surface area (Å²) in [6.07, 6.45) is 6.83. The number of thiazole rings is 1. The monoisotopic (exact) mass is 316 g/mol. The lowest BCUT2D eigenvalue weighted by molar-refractivity contribution is 0.101. The van der Waals surface area contributed by atoms with E-state index in [1.807, 2.05) is 0 Å². The van der Waals surface area contributed by atoms with Gasteiger partial charge in [0.2, 0.25) is 0 Å². The molecule has 2 amide bonds. The second-order valence-electron chi connectivity index (χ2n) is 3.87. The van der Waals surface area contributed by atoms with Crippen molar-refractivity contribution in [2.24, 2.45) is 0 Å². The van der Waals surface area contributed by atoms with E-state index in [1.54, 1.807) is 11.6 Å².